The van der Waals surface area contributed by atoms with Crippen LogP contribution in [0.4, 0.5) is 11.4 Å². The lowest BCUT2D eigenvalue weighted by Crippen LogP contribution is -2.48. The fourth-order valence-corrected chi connectivity index (χ4v) is 6.16. The normalized spacial score (nSPS) is 24.4. The molecule has 4 aliphatic heterocycles. The Labute approximate surface area is 222 Å². The quantitative estimate of drug-likeness (QED) is 0.574. The number of benzene rings is 2. The predicted octanol–water partition coefficient (Wildman–Crippen LogP) is 4.20. The molecule has 2 bridgehead atoms. The first-order valence-corrected chi connectivity index (χ1v) is 13.6. The van der Waals surface area contributed by atoms with Crippen LogP contribution < -0.4 is 20.7 Å². The third kappa shape index (κ3) is 3.78. The van der Waals surface area contributed by atoms with Gasteiger partial charge in [-0.05, 0) is 102 Å². The van der Waals surface area contributed by atoms with Gasteiger partial charge < -0.3 is 28.4 Å². The molecule has 2 aromatic carbocycles. The number of anilines is 2. The summed E-state index contributed by atoms with van der Waals surface area (Å²) >= 11 is 0. The summed E-state index contributed by atoms with van der Waals surface area (Å²) in [5.41, 5.74) is 8.66. The van der Waals surface area contributed by atoms with Gasteiger partial charge in [0.2, 0.25) is 0 Å². The molecule has 0 spiro atoms. The first-order valence-electron chi connectivity index (χ1n) is 13.6. The summed E-state index contributed by atoms with van der Waals surface area (Å²) in [6.07, 6.45) is 0. The Morgan fingerprint density at radius 3 is 1.22 bits per heavy atom. The molecule has 196 valence electrons. The Morgan fingerprint density at radius 2 is 0.892 bits per heavy atom. The average Bonchev–Trinajstić information content (AvgIpc) is 3.12. The van der Waals surface area contributed by atoms with Crippen molar-refractivity contribution in [1.82, 2.24) is 0 Å². The smallest absolute Gasteiger partial charge is 0.399 e. The van der Waals surface area contributed by atoms with E-state index in [-0.39, 0.29) is 36.6 Å². The van der Waals surface area contributed by atoms with Gasteiger partial charge in [0.15, 0.2) is 0 Å². The maximum Gasteiger partial charge on any atom is 0.494 e. The highest BCUT2D eigenvalue weighted by Gasteiger charge is 2.53. The van der Waals surface area contributed by atoms with Crippen molar-refractivity contribution in [2.45, 2.75) is 105 Å². The van der Waals surface area contributed by atoms with Crippen molar-refractivity contribution < 1.29 is 18.6 Å². The van der Waals surface area contributed by atoms with Gasteiger partial charge in [-0.3, -0.25) is 0 Å². The molecule has 4 heterocycles. The van der Waals surface area contributed by atoms with Gasteiger partial charge in [0.05, 0.1) is 29.1 Å². The number of rotatable bonds is 2. The molecule has 0 aromatic heterocycles. The lowest BCUT2D eigenvalue weighted by atomic mass is 9.75. The van der Waals surface area contributed by atoms with Crippen LogP contribution in [-0.4, -0.2) is 43.3 Å². The number of hydrogen-bond donors (Lipinski definition) is 0. The minimum Gasteiger partial charge on any atom is -0.399 e. The molecule has 2 saturated heterocycles. The molecule has 0 unspecified atom stereocenters. The SMILES string of the molecule is Cc1cc(B2OC(C)(C)C(C)(C)O2)cc2c1N1Cc3cc(B4OC(C)(C)C(C)(C)O4)cc(C)c3N(C2)C1. The number of aryl methyl sites for hydroxylation is 2. The first kappa shape index (κ1) is 25.3. The zero-order valence-corrected chi connectivity index (χ0v) is 24.1. The van der Waals surface area contributed by atoms with Crippen molar-refractivity contribution in [1.29, 1.82) is 0 Å². The van der Waals surface area contributed by atoms with Crippen molar-refractivity contribution in [3.05, 3.63) is 46.5 Å². The lowest BCUT2D eigenvalue weighted by Gasteiger charge is -2.46. The Morgan fingerprint density at radius 1 is 0.568 bits per heavy atom. The second kappa shape index (κ2) is 7.78. The topological polar surface area (TPSA) is 43.4 Å². The van der Waals surface area contributed by atoms with Crippen LogP contribution in [0, 0.1) is 13.8 Å². The van der Waals surface area contributed by atoms with Gasteiger partial charge in [-0.15, -0.1) is 0 Å². The predicted molar refractivity (Wildman–Crippen MR) is 151 cm³/mol. The van der Waals surface area contributed by atoms with Gasteiger partial charge in [0.25, 0.3) is 0 Å². The summed E-state index contributed by atoms with van der Waals surface area (Å²) in [5, 5.41) is 0. The maximum absolute atomic E-state index is 6.38. The molecular weight excluding hydrogens is 462 g/mol. The monoisotopic (exact) mass is 502 g/mol. The van der Waals surface area contributed by atoms with E-state index in [1.807, 2.05) is 0 Å². The average molecular weight is 502 g/mol. The van der Waals surface area contributed by atoms with Gasteiger partial charge in [0, 0.05) is 24.5 Å². The van der Waals surface area contributed by atoms with E-state index in [1.165, 1.54) is 33.6 Å². The van der Waals surface area contributed by atoms with Crippen LogP contribution in [0.3, 0.4) is 0 Å². The van der Waals surface area contributed by atoms with Crippen LogP contribution in [0.2, 0.25) is 0 Å². The van der Waals surface area contributed by atoms with Crippen molar-refractivity contribution >= 4 is 36.5 Å². The maximum atomic E-state index is 6.38. The minimum atomic E-state index is -0.351. The van der Waals surface area contributed by atoms with Crippen LogP contribution >= 0.6 is 0 Å². The molecule has 0 atom stereocenters. The summed E-state index contributed by atoms with van der Waals surface area (Å²) in [6, 6.07) is 9.09. The van der Waals surface area contributed by atoms with E-state index < -0.39 is 0 Å². The molecule has 4 aliphatic rings. The lowest BCUT2D eigenvalue weighted by molar-refractivity contribution is 0.00578. The largest absolute Gasteiger partial charge is 0.494 e. The summed E-state index contributed by atoms with van der Waals surface area (Å²) < 4.78 is 25.5. The Bertz CT molecular complexity index is 1160. The zero-order valence-electron chi connectivity index (χ0n) is 24.1. The minimum absolute atomic E-state index is 0.350. The van der Waals surface area contributed by atoms with Gasteiger partial charge in [-0.25, -0.2) is 0 Å². The third-order valence-corrected chi connectivity index (χ3v) is 9.55. The Hall–Kier alpha value is -1.99. The van der Waals surface area contributed by atoms with E-state index in [1.54, 1.807) is 0 Å². The van der Waals surface area contributed by atoms with Gasteiger partial charge >= 0.3 is 14.2 Å². The third-order valence-electron chi connectivity index (χ3n) is 9.55. The summed E-state index contributed by atoms with van der Waals surface area (Å²) in [4.78, 5) is 5.00. The van der Waals surface area contributed by atoms with Crippen LogP contribution in [0.25, 0.3) is 0 Å². The summed E-state index contributed by atoms with van der Waals surface area (Å²) in [7, 11) is -0.700. The second-order valence-corrected chi connectivity index (χ2v) is 13.4. The second-order valence-electron chi connectivity index (χ2n) is 13.4. The number of fused-ring (bicyclic) bond motifs is 6. The molecule has 2 aromatic rings. The Kier molecular flexibility index (Phi) is 5.32. The molecule has 0 amide bonds. The van der Waals surface area contributed by atoms with Gasteiger partial charge in [0.1, 0.15) is 0 Å². The highest BCUT2D eigenvalue weighted by molar-refractivity contribution is 6.62. The van der Waals surface area contributed by atoms with E-state index >= 15 is 0 Å². The van der Waals surface area contributed by atoms with Crippen LogP contribution in [0.15, 0.2) is 24.3 Å². The zero-order chi connectivity index (χ0) is 26.7. The molecular formula is C29H40B2N2O4. The molecule has 6 nitrogen and oxygen atoms in total. The fourth-order valence-electron chi connectivity index (χ4n) is 6.16. The molecule has 0 N–H and O–H groups in total. The van der Waals surface area contributed by atoms with Crippen molar-refractivity contribution in [3.8, 4) is 0 Å². The van der Waals surface area contributed by atoms with Gasteiger partial charge in [-0.2, -0.15) is 0 Å². The van der Waals surface area contributed by atoms with Crippen molar-refractivity contribution in [2.24, 2.45) is 0 Å². The number of hydrogen-bond acceptors (Lipinski definition) is 6. The van der Waals surface area contributed by atoms with Crippen LogP contribution in [0.1, 0.15) is 77.6 Å². The summed E-state index contributed by atoms with van der Waals surface area (Å²) in [6.45, 7) is 23.9. The highest BCUT2D eigenvalue weighted by atomic mass is 16.7. The number of nitrogens with zero attached hydrogens (tertiary/aromatic N) is 2. The molecule has 0 aliphatic carbocycles. The molecule has 0 radical (unpaired) electrons. The Balaban J connectivity index is 1.32. The van der Waals surface area contributed by atoms with E-state index in [0.717, 1.165) is 30.7 Å². The fraction of sp³-hybridized carbons (Fsp3) is 0.586. The molecule has 37 heavy (non-hydrogen) atoms. The summed E-state index contributed by atoms with van der Waals surface area (Å²) in [5.74, 6) is 0. The van der Waals surface area contributed by atoms with E-state index in [0.29, 0.717) is 0 Å². The van der Waals surface area contributed by atoms with E-state index in [2.05, 4.69) is 103 Å². The van der Waals surface area contributed by atoms with Crippen molar-refractivity contribution in [3.63, 3.8) is 0 Å². The molecule has 6 rings (SSSR count). The van der Waals surface area contributed by atoms with Gasteiger partial charge in [-0.1, -0.05) is 24.3 Å². The highest BCUT2D eigenvalue weighted by Crippen LogP contribution is 2.42. The van der Waals surface area contributed by atoms with Crippen molar-refractivity contribution in [2.75, 3.05) is 16.5 Å². The van der Waals surface area contributed by atoms with E-state index in [9.17, 15) is 0 Å². The molecule has 0 saturated carbocycles. The van der Waals surface area contributed by atoms with Crippen LogP contribution in [-0.2, 0) is 31.7 Å². The standard InChI is InChI=1S/C29H40B2N2O4/c1-18-11-22(30-34-26(3,4)27(5,6)35-30)13-20-15-33-17-32(24(18)20)16-21-14-23(12-19(2)25(21)33)31-36-28(7,8)29(9,10)37-31/h11-14H,15-17H2,1-10H3. The van der Waals surface area contributed by atoms with E-state index in [4.69, 9.17) is 18.6 Å². The first-order chi connectivity index (χ1) is 17.1. The molecule has 2 fully saturated rings. The van der Waals surface area contributed by atoms with Crippen LogP contribution in [0.5, 0.6) is 0 Å². The molecule has 8 heteroatoms.